The number of hydrogen-bond acceptors (Lipinski definition) is 12. The van der Waals surface area contributed by atoms with Gasteiger partial charge in [-0.05, 0) is 97.1 Å². The normalized spacial score (nSPS) is 11.1. The van der Waals surface area contributed by atoms with Gasteiger partial charge in [-0.15, -0.1) is 0 Å². The maximum atomic E-state index is 11.3. The molecule has 0 saturated heterocycles. The van der Waals surface area contributed by atoms with Gasteiger partial charge in [0.2, 0.25) is 40.1 Å². The largest absolute Gasteiger partial charge is 0.456 e. The highest BCUT2D eigenvalue weighted by Gasteiger charge is 2.18. The van der Waals surface area contributed by atoms with Crippen molar-refractivity contribution in [1.82, 2.24) is 0 Å². The SMILES string of the molecule is NS(=O)(=O)c1ccccc1Oc1ccccc1.NS(=O)(=O)c1ccccc1Oc1ccccc1.NS(=O)(=O)c1ccccc1Oc1ccccc1.NS(=O)(=O)c1ccccc1Oc1ccccc1. The van der Waals surface area contributed by atoms with Crippen LogP contribution >= 0.6 is 0 Å². The van der Waals surface area contributed by atoms with Crippen molar-refractivity contribution in [3.63, 3.8) is 0 Å². The van der Waals surface area contributed by atoms with Crippen molar-refractivity contribution < 1.29 is 52.6 Å². The van der Waals surface area contributed by atoms with Gasteiger partial charge in [-0.25, -0.2) is 54.2 Å². The van der Waals surface area contributed by atoms with Gasteiger partial charge >= 0.3 is 0 Å². The third-order valence-electron chi connectivity index (χ3n) is 8.51. The average molecular weight is 997 g/mol. The van der Waals surface area contributed by atoms with Gasteiger partial charge in [0.25, 0.3) is 0 Å². The van der Waals surface area contributed by atoms with Gasteiger partial charge in [-0.2, -0.15) is 0 Å². The van der Waals surface area contributed by atoms with E-state index in [0.717, 1.165) is 0 Å². The highest BCUT2D eigenvalue weighted by Crippen LogP contribution is 2.31. The van der Waals surface area contributed by atoms with E-state index in [4.69, 9.17) is 39.5 Å². The summed E-state index contributed by atoms with van der Waals surface area (Å²) >= 11 is 0. The first-order valence-corrected chi connectivity index (χ1v) is 25.9. The lowest BCUT2D eigenvalue weighted by atomic mass is 10.3. The molecule has 16 nitrogen and oxygen atoms in total. The fourth-order valence-corrected chi connectivity index (χ4v) is 8.17. The minimum absolute atomic E-state index is 0.0242. The zero-order chi connectivity index (χ0) is 49.2. The van der Waals surface area contributed by atoms with Crippen LogP contribution in [0, 0.1) is 0 Å². The van der Waals surface area contributed by atoms with E-state index in [1.54, 1.807) is 170 Å². The molecule has 8 aromatic carbocycles. The van der Waals surface area contributed by atoms with Crippen molar-refractivity contribution in [1.29, 1.82) is 0 Å². The molecule has 8 N–H and O–H groups in total. The Morgan fingerprint density at radius 3 is 0.529 bits per heavy atom. The van der Waals surface area contributed by atoms with Crippen LogP contribution < -0.4 is 39.5 Å². The Hall–Kier alpha value is -7.40. The zero-order valence-electron chi connectivity index (χ0n) is 35.6. The summed E-state index contributed by atoms with van der Waals surface area (Å²) in [5, 5.41) is 20.4. The molecule has 352 valence electrons. The van der Waals surface area contributed by atoms with Crippen molar-refractivity contribution in [2.24, 2.45) is 20.6 Å². The smallest absolute Gasteiger partial charge is 0.241 e. The summed E-state index contributed by atoms with van der Waals surface area (Å²) < 4.78 is 113. The van der Waals surface area contributed by atoms with Crippen LogP contribution in [-0.4, -0.2) is 33.7 Å². The Kier molecular flexibility index (Phi) is 18.1. The van der Waals surface area contributed by atoms with E-state index in [9.17, 15) is 33.7 Å². The maximum Gasteiger partial charge on any atom is 0.241 e. The molecule has 0 fully saturated rings. The zero-order valence-corrected chi connectivity index (χ0v) is 38.9. The molecule has 0 saturated carbocycles. The lowest BCUT2D eigenvalue weighted by Gasteiger charge is -2.09. The topological polar surface area (TPSA) is 278 Å². The molecule has 0 aliphatic rings. The van der Waals surface area contributed by atoms with E-state index in [1.807, 2.05) is 24.3 Å². The monoisotopic (exact) mass is 996 g/mol. The van der Waals surface area contributed by atoms with Gasteiger partial charge in [0.05, 0.1) is 0 Å². The molecule has 8 aromatic rings. The predicted molar refractivity (Wildman–Crippen MR) is 257 cm³/mol. The average Bonchev–Trinajstić information content (AvgIpc) is 3.30. The third-order valence-corrected chi connectivity index (χ3v) is 12.3. The minimum Gasteiger partial charge on any atom is -0.456 e. The molecule has 0 heterocycles. The summed E-state index contributed by atoms with van der Waals surface area (Å²) in [5.74, 6) is 3.13. The highest BCUT2D eigenvalue weighted by atomic mass is 32.2. The summed E-state index contributed by atoms with van der Waals surface area (Å²) in [6.45, 7) is 0. The summed E-state index contributed by atoms with van der Waals surface area (Å²) in [4.78, 5) is -0.0968. The number of hydrogen-bond donors (Lipinski definition) is 4. The Morgan fingerprint density at radius 1 is 0.221 bits per heavy atom. The second-order valence-electron chi connectivity index (χ2n) is 13.6. The van der Waals surface area contributed by atoms with Gasteiger partial charge in [-0.3, -0.25) is 0 Å². The standard InChI is InChI=1S/4C12H11NO3S/c4*13-17(14,15)12-9-5-4-8-11(12)16-10-6-2-1-3-7-10/h4*1-9H,(H2,13,14,15). The van der Waals surface area contributed by atoms with Gasteiger partial charge in [0.15, 0.2) is 0 Å². The second kappa shape index (κ2) is 23.9. The van der Waals surface area contributed by atoms with Crippen LogP contribution in [0.3, 0.4) is 0 Å². The van der Waals surface area contributed by atoms with Crippen LogP contribution in [0.4, 0.5) is 0 Å². The van der Waals surface area contributed by atoms with Crippen LogP contribution in [-0.2, 0) is 40.1 Å². The summed E-state index contributed by atoms with van der Waals surface area (Å²) in [5.41, 5.74) is 0. The van der Waals surface area contributed by atoms with Gasteiger partial charge in [0.1, 0.15) is 65.6 Å². The van der Waals surface area contributed by atoms with Gasteiger partial charge in [-0.1, -0.05) is 121 Å². The number of primary sulfonamides is 4. The van der Waals surface area contributed by atoms with Crippen LogP contribution in [0.25, 0.3) is 0 Å². The van der Waals surface area contributed by atoms with Crippen LogP contribution in [0.5, 0.6) is 46.0 Å². The fraction of sp³-hybridized carbons (Fsp3) is 0. The van der Waals surface area contributed by atoms with E-state index in [1.165, 1.54) is 24.3 Å². The fourth-order valence-electron chi connectivity index (χ4n) is 5.54. The summed E-state index contributed by atoms with van der Waals surface area (Å²) in [6.07, 6.45) is 0. The highest BCUT2D eigenvalue weighted by molar-refractivity contribution is 7.90. The molecular formula is C48H44N4O12S4. The summed E-state index contributed by atoms with van der Waals surface area (Å²) in [7, 11) is -15.1. The molecule has 8 rings (SSSR count). The van der Waals surface area contributed by atoms with Gasteiger partial charge < -0.3 is 18.9 Å². The molecule has 68 heavy (non-hydrogen) atoms. The molecule has 0 atom stereocenters. The molecule has 0 aliphatic heterocycles. The second-order valence-corrected chi connectivity index (χ2v) is 19.7. The van der Waals surface area contributed by atoms with Crippen molar-refractivity contribution in [2.75, 3.05) is 0 Å². The number of sulfonamides is 4. The number of para-hydroxylation sites is 8. The van der Waals surface area contributed by atoms with Crippen molar-refractivity contribution >= 4 is 40.1 Å². The van der Waals surface area contributed by atoms with E-state index in [2.05, 4.69) is 0 Å². The molecule has 0 amide bonds. The number of nitrogens with two attached hydrogens (primary N) is 4. The van der Waals surface area contributed by atoms with E-state index in [0.29, 0.717) is 23.0 Å². The Labute approximate surface area is 395 Å². The van der Waals surface area contributed by atoms with E-state index < -0.39 is 40.1 Å². The minimum atomic E-state index is -3.78. The molecule has 20 heteroatoms. The van der Waals surface area contributed by atoms with Crippen molar-refractivity contribution in [2.45, 2.75) is 19.6 Å². The summed E-state index contributed by atoms with van der Waals surface area (Å²) in [6, 6.07) is 60.7. The first-order chi connectivity index (χ1) is 32.3. The molecule has 0 unspecified atom stereocenters. The van der Waals surface area contributed by atoms with Crippen molar-refractivity contribution in [3.05, 3.63) is 218 Å². The first kappa shape index (κ1) is 51.6. The first-order valence-electron chi connectivity index (χ1n) is 19.7. The van der Waals surface area contributed by atoms with Crippen molar-refractivity contribution in [3.8, 4) is 46.0 Å². The Bertz CT molecular complexity index is 2890. The molecule has 0 aliphatic carbocycles. The Balaban J connectivity index is 0.000000169. The third kappa shape index (κ3) is 16.5. The predicted octanol–water partition coefficient (Wildman–Crippen LogP) is 8.51. The number of benzene rings is 8. The lowest BCUT2D eigenvalue weighted by molar-refractivity contribution is 0.467. The molecular weight excluding hydrogens is 953 g/mol. The number of rotatable bonds is 12. The Morgan fingerprint density at radius 2 is 0.368 bits per heavy atom. The molecule has 0 spiro atoms. The molecule has 0 bridgehead atoms. The maximum absolute atomic E-state index is 11.3. The number of ether oxygens (including phenoxy) is 4. The van der Waals surface area contributed by atoms with Crippen LogP contribution in [0.2, 0.25) is 0 Å². The van der Waals surface area contributed by atoms with E-state index in [-0.39, 0.29) is 42.6 Å². The van der Waals surface area contributed by atoms with Gasteiger partial charge in [0, 0.05) is 0 Å². The molecule has 0 aromatic heterocycles. The lowest BCUT2D eigenvalue weighted by Crippen LogP contribution is -2.13. The van der Waals surface area contributed by atoms with Crippen LogP contribution in [0.1, 0.15) is 0 Å². The van der Waals surface area contributed by atoms with Crippen LogP contribution in [0.15, 0.2) is 238 Å². The van der Waals surface area contributed by atoms with E-state index >= 15 is 0 Å². The quantitative estimate of drug-likeness (QED) is 0.0896. The molecule has 0 radical (unpaired) electrons.